The Bertz CT molecular complexity index is 307. The molecule has 0 saturated heterocycles. The van der Waals surface area contributed by atoms with E-state index in [0.717, 1.165) is 0 Å². The smallest absolute Gasteiger partial charge is 0.157 e. The number of aromatic nitrogens is 2. The number of anilines is 2. The lowest BCUT2D eigenvalue weighted by Gasteiger charge is -2.14. The Labute approximate surface area is 87.5 Å². The maximum Gasteiger partial charge on any atom is 0.157 e. The number of nitrogens with zero attached hydrogens (tertiary/aromatic N) is 2. The minimum Gasteiger partial charge on any atom is -0.394 e. The van der Waals surface area contributed by atoms with Gasteiger partial charge < -0.3 is 15.7 Å². The van der Waals surface area contributed by atoms with Gasteiger partial charge in [0.15, 0.2) is 11.0 Å². The van der Waals surface area contributed by atoms with Gasteiger partial charge in [-0.15, -0.1) is 0 Å². The summed E-state index contributed by atoms with van der Waals surface area (Å²) in [5.41, 5.74) is 0.634. The summed E-state index contributed by atoms with van der Waals surface area (Å²) in [4.78, 5) is 7.85. The van der Waals surface area contributed by atoms with E-state index in [4.69, 9.17) is 16.7 Å². The van der Waals surface area contributed by atoms with Crippen LogP contribution in [0.25, 0.3) is 0 Å². The molecule has 14 heavy (non-hydrogen) atoms. The molecule has 1 rings (SSSR count). The second-order valence-electron chi connectivity index (χ2n) is 2.87. The zero-order valence-electron chi connectivity index (χ0n) is 8.08. The van der Waals surface area contributed by atoms with Crippen LogP contribution < -0.4 is 10.6 Å². The van der Waals surface area contributed by atoms with Gasteiger partial charge in [0.2, 0.25) is 0 Å². The third-order valence-electron chi connectivity index (χ3n) is 1.71. The van der Waals surface area contributed by atoms with Gasteiger partial charge in [-0.1, -0.05) is 11.6 Å². The maximum atomic E-state index is 8.87. The predicted molar refractivity (Wildman–Crippen MR) is 56.8 cm³/mol. The Hall–Kier alpha value is -1.07. The highest BCUT2D eigenvalue weighted by Gasteiger charge is 2.09. The van der Waals surface area contributed by atoms with Crippen LogP contribution in [0.5, 0.6) is 0 Å². The second-order valence-corrected chi connectivity index (χ2v) is 3.22. The van der Waals surface area contributed by atoms with Crippen LogP contribution in [0.2, 0.25) is 5.15 Å². The fourth-order valence-corrected chi connectivity index (χ4v) is 1.20. The van der Waals surface area contributed by atoms with Gasteiger partial charge in [-0.05, 0) is 6.92 Å². The van der Waals surface area contributed by atoms with E-state index in [1.807, 2.05) is 6.92 Å². The van der Waals surface area contributed by atoms with Crippen LogP contribution in [0, 0.1) is 0 Å². The van der Waals surface area contributed by atoms with Gasteiger partial charge in [0.25, 0.3) is 0 Å². The van der Waals surface area contributed by atoms with Gasteiger partial charge >= 0.3 is 0 Å². The Morgan fingerprint density at radius 1 is 1.57 bits per heavy atom. The van der Waals surface area contributed by atoms with Crippen LogP contribution in [-0.2, 0) is 0 Å². The standard InChI is InChI=1S/C8H13ClN4O/c1-5(3-14)13-8-6(10-2)7(9)11-4-12-8/h4-5,10,14H,3H2,1-2H3,(H,11,12,13)/t5-/m0/s1. The Morgan fingerprint density at radius 3 is 2.86 bits per heavy atom. The fourth-order valence-electron chi connectivity index (χ4n) is 0.974. The quantitative estimate of drug-likeness (QED) is 0.655. The van der Waals surface area contributed by atoms with Crippen LogP contribution >= 0.6 is 11.6 Å². The first-order valence-electron chi connectivity index (χ1n) is 4.24. The molecule has 78 valence electrons. The summed E-state index contributed by atoms with van der Waals surface area (Å²) in [6.07, 6.45) is 1.37. The van der Waals surface area contributed by atoms with Gasteiger partial charge in [0.1, 0.15) is 12.0 Å². The molecule has 0 radical (unpaired) electrons. The van der Waals surface area contributed by atoms with E-state index in [1.54, 1.807) is 7.05 Å². The van der Waals surface area contributed by atoms with Gasteiger partial charge in [-0.3, -0.25) is 0 Å². The number of aliphatic hydroxyl groups excluding tert-OH is 1. The Kier molecular flexibility index (Phi) is 3.91. The molecule has 0 amide bonds. The van der Waals surface area contributed by atoms with Gasteiger partial charge in [0, 0.05) is 13.1 Å². The van der Waals surface area contributed by atoms with E-state index in [2.05, 4.69) is 20.6 Å². The average Bonchev–Trinajstić information content (AvgIpc) is 2.18. The van der Waals surface area contributed by atoms with Crippen LogP contribution in [0.3, 0.4) is 0 Å². The molecule has 0 unspecified atom stereocenters. The molecular weight excluding hydrogens is 204 g/mol. The van der Waals surface area contributed by atoms with Crippen molar-refractivity contribution in [1.29, 1.82) is 0 Å². The molecule has 1 aromatic heterocycles. The first-order valence-corrected chi connectivity index (χ1v) is 4.62. The summed E-state index contributed by atoms with van der Waals surface area (Å²) in [5.74, 6) is 0.592. The van der Waals surface area contributed by atoms with Crippen molar-refractivity contribution in [3.8, 4) is 0 Å². The Balaban J connectivity index is 2.90. The SMILES string of the molecule is CNc1c(Cl)ncnc1N[C@@H](C)CO. The van der Waals surface area contributed by atoms with E-state index in [1.165, 1.54) is 6.33 Å². The molecule has 0 aliphatic heterocycles. The van der Waals surface area contributed by atoms with Crippen molar-refractivity contribution in [3.63, 3.8) is 0 Å². The minimum atomic E-state index is -0.0759. The number of halogens is 1. The summed E-state index contributed by atoms with van der Waals surface area (Å²) < 4.78 is 0. The molecule has 0 aliphatic rings. The molecular formula is C8H13ClN4O. The summed E-state index contributed by atoms with van der Waals surface area (Å²) in [5, 5.41) is 15.1. The molecule has 6 heteroatoms. The zero-order valence-corrected chi connectivity index (χ0v) is 8.84. The van der Waals surface area contributed by atoms with Crippen molar-refractivity contribution < 1.29 is 5.11 Å². The van der Waals surface area contributed by atoms with Crippen molar-refractivity contribution >= 4 is 23.1 Å². The van der Waals surface area contributed by atoms with E-state index < -0.39 is 0 Å². The molecule has 5 nitrogen and oxygen atoms in total. The van der Waals surface area contributed by atoms with Crippen molar-refractivity contribution in [2.24, 2.45) is 0 Å². The van der Waals surface area contributed by atoms with Crippen molar-refractivity contribution in [2.75, 3.05) is 24.3 Å². The van der Waals surface area contributed by atoms with Crippen LogP contribution in [-0.4, -0.2) is 34.8 Å². The number of hydrogen-bond donors (Lipinski definition) is 3. The Morgan fingerprint density at radius 2 is 2.29 bits per heavy atom. The number of nitrogens with one attached hydrogen (secondary N) is 2. The molecule has 0 bridgehead atoms. The number of hydrogen-bond acceptors (Lipinski definition) is 5. The van der Waals surface area contributed by atoms with Gasteiger partial charge in [0.05, 0.1) is 6.61 Å². The highest BCUT2D eigenvalue weighted by Crippen LogP contribution is 2.25. The first kappa shape index (κ1) is 11.0. The number of aliphatic hydroxyl groups is 1. The van der Waals surface area contributed by atoms with Crippen molar-refractivity contribution in [3.05, 3.63) is 11.5 Å². The first-order chi connectivity index (χ1) is 6.69. The molecule has 0 aromatic carbocycles. The maximum absolute atomic E-state index is 8.87. The molecule has 1 heterocycles. The molecule has 3 N–H and O–H groups in total. The lowest BCUT2D eigenvalue weighted by atomic mass is 10.3. The van der Waals surface area contributed by atoms with Gasteiger partial charge in [-0.25, -0.2) is 9.97 Å². The monoisotopic (exact) mass is 216 g/mol. The summed E-state index contributed by atoms with van der Waals surface area (Å²) in [7, 11) is 1.74. The topological polar surface area (TPSA) is 70.1 Å². The summed E-state index contributed by atoms with van der Waals surface area (Å²) in [6.45, 7) is 1.88. The van der Waals surface area contributed by atoms with Crippen LogP contribution in [0.4, 0.5) is 11.5 Å². The second kappa shape index (κ2) is 4.97. The lowest BCUT2D eigenvalue weighted by Crippen LogP contribution is -2.21. The summed E-state index contributed by atoms with van der Waals surface area (Å²) in [6, 6.07) is -0.0759. The highest BCUT2D eigenvalue weighted by molar-refractivity contribution is 6.32. The summed E-state index contributed by atoms with van der Waals surface area (Å²) >= 11 is 5.84. The van der Waals surface area contributed by atoms with Crippen LogP contribution in [0.1, 0.15) is 6.92 Å². The molecule has 0 spiro atoms. The van der Waals surface area contributed by atoms with Crippen LogP contribution in [0.15, 0.2) is 6.33 Å². The van der Waals surface area contributed by atoms with Gasteiger partial charge in [-0.2, -0.15) is 0 Å². The zero-order chi connectivity index (χ0) is 10.6. The van der Waals surface area contributed by atoms with E-state index in [9.17, 15) is 0 Å². The van der Waals surface area contributed by atoms with Crippen molar-refractivity contribution in [1.82, 2.24) is 9.97 Å². The lowest BCUT2D eigenvalue weighted by molar-refractivity contribution is 0.281. The van der Waals surface area contributed by atoms with E-state index in [0.29, 0.717) is 16.7 Å². The normalized spacial score (nSPS) is 12.3. The van der Waals surface area contributed by atoms with E-state index >= 15 is 0 Å². The largest absolute Gasteiger partial charge is 0.394 e. The molecule has 0 fully saturated rings. The number of rotatable bonds is 4. The average molecular weight is 217 g/mol. The predicted octanol–water partition coefficient (Wildman–Crippen LogP) is 0.964. The van der Waals surface area contributed by atoms with E-state index in [-0.39, 0.29) is 12.6 Å². The molecule has 0 saturated carbocycles. The highest BCUT2D eigenvalue weighted by atomic mass is 35.5. The fraction of sp³-hybridized carbons (Fsp3) is 0.500. The van der Waals surface area contributed by atoms with Crippen molar-refractivity contribution in [2.45, 2.75) is 13.0 Å². The molecule has 1 aromatic rings. The molecule has 0 aliphatic carbocycles. The minimum absolute atomic E-state index is 0.0325. The molecule has 1 atom stereocenters. The third kappa shape index (κ3) is 2.46. The third-order valence-corrected chi connectivity index (χ3v) is 1.99.